The quantitative estimate of drug-likeness (QED) is 0.773. The monoisotopic (exact) mass is 359 g/mol. The normalized spacial score (nSPS) is 14.5. The van der Waals surface area contributed by atoms with Crippen LogP contribution in [-0.4, -0.2) is 55.0 Å². The second-order valence-corrected chi connectivity index (χ2v) is 5.53. The number of likely N-dealkylation sites (N-methyl/N-ethyl adjacent to an activating group) is 1. The number of carbonyl (C=O) groups excluding carboxylic acids is 1. The molecule has 1 aliphatic rings. The third-order valence-electron chi connectivity index (χ3n) is 2.73. The molecular weight excluding hydrogens is 326 g/mol. The standard InChI is InChI=1S/C9H10O3S.C5H11NO.2C2H6/c1-7-3-4-9(12-13(2)11)8(5-7)6-10;1-6-2-4-7-5-3-6;2*1-2/h3-6H,1-2H3;2-5H2,1H3;2*1-2H3. The zero-order chi connectivity index (χ0) is 19.0. The summed E-state index contributed by atoms with van der Waals surface area (Å²) in [5, 5.41) is 0. The van der Waals surface area contributed by atoms with Gasteiger partial charge in [-0.1, -0.05) is 39.3 Å². The lowest BCUT2D eigenvalue weighted by atomic mass is 10.1. The molecule has 1 aromatic carbocycles. The summed E-state index contributed by atoms with van der Waals surface area (Å²) < 4.78 is 20.8. The van der Waals surface area contributed by atoms with Gasteiger partial charge >= 0.3 is 0 Å². The number of hydrogen-bond donors (Lipinski definition) is 0. The van der Waals surface area contributed by atoms with E-state index >= 15 is 0 Å². The molecule has 1 fully saturated rings. The van der Waals surface area contributed by atoms with Crippen molar-refractivity contribution in [2.24, 2.45) is 0 Å². The summed E-state index contributed by atoms with van der Waals surface area (Å²) in [5.74, 6) is 0.362. The van der Waals surface area contributed by atoms with Gasteiger partial charge in [-0.2, -0.15) is 0 Å². The highest BCUT2D eigenvalue weighted by Crippen LogP contribution is 2.18. The van der Waals surface area contributed by atoms with E-state index in [4.69, 9.17) is 8.92 Å². The van der Waals surface area contributed by atoms with Crippen LogP contribution in [0.5, 0.6) is 5.75 Å². The summed E-state index contributed by atoms with van der Waals surface area (Å²) in [4.78, 5) is 12.8. The van der Waals surface area contributed by atoms with E-state index in [-0.39, 0.29) is 0 Å². The fraction of sp³-hybridized carbons (Fsp3) is 0.611. The van der Waals surface area contributed by atoms with Gasteiger partial charge in [0.15, 0.2) is 12.0 Å². The third kappa shape index (κ3) is 12.2. The fourth-order valence-corrected chi connectivity index (χ4v) is 2.02. The van der Waals surface area contributed by atoms with Crippen molar-refractivity contribution >= 4 is 17.4 Å². The van der Waals surface area contributed by atoms with Crippen molar-refractivity contribution in [1.82, 2.24) is 4.90 Å². The molecule has 6 heteroatoms. The molecule has 1 heterocycles. The number of morpholine rings is 1. The molecule has 1 aromatic rings. The van der Waals surface area contributed by atoms with Crippen molar-refractivity contribution in [3.8, 4) is 5.75 Å². The summed E-state index contributed by atoms with van der Waals surface area (Å²) >= 11 is -1.39. The summed E-state index contributed by atoms with van der Waals surface area (Å²) in [6.07, 6.45) is 2.10. The molecule has 5 nitrogen and oxygen atoms in total. The van der Waals surface area contributed by atoms with Crippen LogP contribution in [-0.2, 0) is 15.8 Å². The first-order valence-electron chi connectivity index (χ1n) is 8.37. The molecule has 1 saturated heterocycles. The number of hydrogen-bond acceptors (Lipinski definition) is 5. The number of benzene rings is 1. The Kier molecular flexibility index (Phi) is 17.3. The highest BCUT2D eigenvalue weighted by molar-refractivity contribution is 7.79. The summed E-state index contributed by atoms with van der Waals surface area (Å²) in [6.45, 7) is 13.9. The van der Waals surface area contributed by atoms with Crippen LogP contribution in [0.2, 0.25) is 0 Å². The molecule has 0 bridgehead atoms. The lowest BCUT2D eigenvalue weighted by molar-refractivity contribution is 0.0503. The van der Waals surface area contributed by atoms with Crippen LogP contribution < -0.4 is 4.18 Å². The fourth-order valence-electron chi connectivity index (χ4n) is 1.62. The Bertz CT molecular complexity index is 460. The van der Waals surface area contributed by atoms with Crippen molar-refractivity contribution in [2.45, 2.75) is 34.6 Å². The molecular formula is C18H33NO4S. The number of ether oxygens (including phenoxy) is 1. The largest absolute Gasteiger partial charge is 0.400 e. The molecule has 0 aliphatic carbocycles. The van der Waals surface area contributed by atoms with Gasteiger partial charge in [-0.15, -0.1) is 0 Å². The molecule has 140 valence electrons. The maximum atomic E-state index is 10.7. The number of aryl methyl sites for hydroxylation is 1. The highest BCUT2D eigenvalue weighted by atomic mass is 32.2. The Morgan fingerprint density at radius 2 is 1.71 bits per heavy atom. The smallest absolute Gasteiger partial charge is 0.203 e. The Hall–Kier alpha value is -1.24. The van der Waals surface area contributed by atoms with Crippen LogP contribution >= 0.6 is 0 Å². The zero-order valence-corrected chi connectivity index (χ0v) is 16.9. The van der Waals surface area contributed by atoms with E-state index in [1.54, 1.807) is 18.2 Å². The SMILES string of the molecule is CC.CC.CN1CCOCC1.Cc1ccc(OS(C)=O)c(C=O)c1. The molecule has 1 aliphatic heterocycles. The van der Waals surface area contributed by atoms with Crippen LogP contribution in [0.4, 0.5) is 0 Å². The predicted octanol–water partition coefficient (Wildman–Crippen LogP) is 3.48. The first kappa shape index (κ1) is 25.0. The van der Waals surface area contributed by atoms with Crippen LogP contribution in [0.1, 0.15) is 43.6 Å². The molecule has 0 amide bonds. The molecule has 0 saturated carbocycles. The van der Waals surface area contributed by atoms with Gasteiger partial charge in [0.1, 0.15) is 0 Å². The molecule has 0 radical (unpaired) electrons. The molecule has 0 aromatic heterocycles. The maximum absolute atomic E-state index is 10.7. The predicted molar refractivity (Wildman–Crippen MR) is 102 cm³/mol. The first-order valence-corrected chi connectivity index (χ1v) is 9.85. The zero-order valence-electron chi connectivity index (χ0n) is 16.1. The van der Waals surface area contributed by atoms with E-state index in [0.717, 1.165) is 31.9 Å². The van der Waals surface area contributed by atoms with Gasteiger partial charge in [0.2, 0.25) is 11.1 Å². The Labute approximate surface area is 150 Å². The van der Waals surface area contributed by atoms with Crippen LogP contribution in [0, 0.1) is 6.92 Å². The van der Waals surface area contributed by atoms with Crippen molar-refractivity contribution in [3.63, 3.8) is 0 Å². The summed E-state index contributed by atoms with van der Waals surface area (Å²) in [6, 6.07) is 5.13. The number of carbonyl (C=O) groups is 1. The highest BCUT2D eigenvalue weighted by Gasteiger charge is 2.04. The number of rotatable bonds is 3. The van der Waals surface area contributed by atoms with E-state index < -0.39 is 11.1 Å². The van der Waals surface area contributed by atoms with E-state index in [9.17, 15) is 9.00 Å². The van der Waals surface area contributed by atoms with Crippen molar-refractivity contribution in [1.29, 1.82) is 0 Å². The Morgan fingerprint density at radius 1 is 1.17 bits per heavy atom. The van der Waals surface area contributed by atoms with Gasteiger partial charge in [-0.3, -0.25) is 4.79 Å². The molecule has 1 unspecified atom stereocenters. The molecule has 0 spiro atoms. The minimum Gasteiger partial charge on any atom is -0.400 e. The average molecular weight is 360 g/mol. The lowest BCUT2D eigenvalue weighted by Crippen LogP contribution is -2.32. The second kappa shape index (κ2) is 16.6. The van der Waals surface area contributed by atoms with E-state index in [1.165, 1.54) is 6.26 Å². The third-order valence-corrected chi connectivity index (χ3v) is 3.15. The topological polar surface area (TPSA) is 55.8 Å². The molecule has 24 heavy (non-hydrogen) atoms. The number of aldehydes is 1. The van der Waals surface area contributed by atoms with Gasteiger partial charge in [0, 0.05) is 19.3 Å². The summed E-state index contributed by atoms with van der Waals surface area (Å²) in [7, 11) is 2.11. The number of nitrogens with zero attached hydrogens (tertiary/aromatic N) is 1. The average Bonchev–Trinajstić information content (AvgIpc) is 2.61. The van der Waals surface area contributed by atoms with E-state index in [2.05, 4.69) is 11.9 Å². The second-order valence-electron chi connectivity index (χ2n) is 4.56. The van der Waals surface area contributed by atoms with Crippen molar-refractivity contribution in [2.75, 3.05) is 39.6 Å². The Balaban J connectivity index is 0. The van der Waals surface area contributed by atoms with E-state index in [0.29, 0.717) is 17.6 Å². The minimum atomic E-state index is -1.39. The Morgan fingerprint density at radius 3 is 2.08 bits per heavy atom. The van der Waals surface area contributed by atoms with Crippen LogP contribution in [0.3, 0.4) is 0 Å². The first-order chi connectivity index (χ1) is 11.5. The molecule has 2 rings (SSSR count). The van der Waals surface area contributed by atoms with Gasteiger partial charge in [-0.05, 0) is 26.1 Å². The van der Waals surface area contributed by atoms with Crippen LogP contribution in [0.15, 0.2) is 18.2 Å². The maximum Gasteiger partial charge on any atom is 0.203 e. The van der Waals surface area contributed by atoms with Gasteiger partial charge in [-0.25, -0.2) is 4.21 Å². The van der Waals surface area contributed by atoms with Gasteiger partial charge in [0.25, 0.3) is 0 Å². The van der Waals surface area contributed by atoms with Crippen molar-refractivity contribution in [3.05, 3.63) is 29.3 Å². The summed E-state index contributed by atoms with van der Waals surface area (Å²) in [5.41, 5.74) is 1.39. The van der Waals surface area contributed by atoms with Gasteiger partial charge < -0.3 is 13.8 Å². The van der Waals surface area contributed by atoms with E-state index in [1.807, 2.05) is 34.6 Å². The van der Waals surface area contributed by atoms with Crippen LogP contribution in [0.25, 0.3) is 0 Å². The minimum absolute atomic E-state index is 0.362. The molecule has 0 N–H and O–H groups in total. The molecule has 1 atom stereocenters. The van der Waals surface area contributed by atoms with Crippen molar-refractivity contribution < 1.29 is 17.9 Å². The van der Waals surface area contributed by atoms with Gasteiger partial charge in [0.05, 0.1) is 18.8 Å². The lowest BCUT2D eigenvalue weighted by Gasteiger charge is -2.21.